The number of piperidine rings is 1. The molecule has 7 nitrogen and oxygen atoms in total. The number of hydrogen-bond donors (Lipinski definition) is 2. The molecule has 8 heteroatoms. The standard InChI is InChI=1S/C27H32N2O5S/c1-35-15-13-24(26(32)29-14-7-6-8-18(29)16-25(30)31)28-27(33)34-17-23-21-11-4-2-9-19(21)20-10-3-5-12-22(20)23/h2-5,9-12,18,23-24H,6-8,13-17H2,1H3,(H,28,33)(H,30,31)/t18-,24?/m0/s1. The number of rotatable bonds is 9. The van der Waals surface area contributed by atoms with Gasteiger partial charge in [0.25, 0.3) is 0 Å². The van der Waals surface area contributed by atoms with E-state index < -0.39 is 18.1 Å². The van der Waals surface area contributed by atoms with Crippen LogP contribution in [0.4, 0.5) is 4.79 Å². The highest BCUT2D eigenvalue weighted by molar-refractivity contribution is 7.98. The van der Waals surface area contributed by atoms with E-state index in [4.69, 9.17) is 4.74 Å². The van der Waals surface area contributed by atoms with Gasteiger partial charge < -0.3 is 20.1 Å². The molecule has 1 aliphatic heterocycles. The van der Waals surface area contributed by atoms with E-state index in [2.05, 4.69) is 29.6 Å². The maximum absolute atomic E-state index is 13.4. The van der Waals surface area contributed by atoms with Gasteiger partial charge in [-0.15, -0.1) is 0 Å². The van der Waals surface area contributed by atoms with Crippen LogP contribution in [0.25, 0.3) is 11.1 Å². The molecule has 1 fully saturated rings. The number of likely N-dealkylation sites (tertiary alicyclic amines) is 1. The second kappa shape index (κ2) is 11.6. The summed E-state index contributed by atoms with van der Waals surface area (Å²) in [6, 6.07) is 15.2. The normalized spacial score (nSPS) is 17.9. The Hall–Kier alpha value is -3.00. The van der Waals surface area contributed by atoms with Crippen molar-refractivity contribution in [3.8, 4) is 11.1 Å². The summed E-state index contributed by atoms with van der Waals surface area (Å²) < 4.78 is 5.66. The van der Waals surface area contributed by atoms with Gasteiger partial charge in [0.1, 0.15) is 12.6 Å². The van der Waals surface area contributed by atoms with E-state index in [-0.39, 0.29) is 30.9 Å². The average Bonchev–Trinajstić information content (AvgIpc) is 3.18. The highest BCUT2D eigenvalue weighted by Gasteiger charge is 2.34. The Morgan fingerprint density at radius 2 is 1.74 bits per heavy atom. The fourth-order valence-electron chi connectivity index (χ4n) is 5.18. The number of thioether (sulfide) groups is 1. The molecule has 186 valence electrons. The van der Waals surface area contributed by atoms with Crippen LogP contribution < -0.4 is 5.32 Å². The molecule has 1 heterocycles. The summed E-state index contributed by atoms with van der Waals surface area (Å²) in [4.78, 5) is 39.2. The van der Waals surface area contributed by atoms with Crippen molar-refractivity contribution in [2.45, 2.75) is 50.1 Å². The van der Waals surface area contributed by atoms with Crippen molar-refractivity contribution in [3.05, 3.63) is 59.7 Å². The Morgan fingerprint density at radius 1 is 1.09 bits per heavy atom. The van der Waals surface area contributed by atoms with Crippen LogP contribution in [0.15, 0.2) is 48.5 Å². The van der Waals surface area contributed by atoms with Gasteiger partial charge in [-0.3, -0.25) is 9.59 Å². The van der Waals surface area contributed by atoms with Crippen LogP contribution in [0.3, 0.4) is 0 Å². The first-order chi connectivity index (χ1) is 17.0. The number of amides is 2. The summed E-state index contributed by atoms with van der Waals surface area (Å²) in [6.07, 6.45) is 4.10. The third-order valence-electron chi connectivity index (χ3n) is 6.86. The van der Waals surface area contributed by atoms with Crippen molar-refractivity contribution in [1.82, 2.24) is 10.2 Å². The van der Waals surface area contributed by atoms with Gasteiger partial charge in [0.2, 0.25) is 5.91 Å². The number of fused-ring (bicyclic) bond motifs is 3. The number of nitrogens with one attached hydrogen (secondary N) is 1. The smallest absolute Gasteiger partial charge is 0.407 e. The molecule has 1 saturated heterocycles. The topological polar surface area (TPSA) is 95.9 Å². The van der Waals surface area contributed by atoms with Crippen molar-refractivity contribution in [2.75, 3.05) is 25.2 Å². The van der Waals surface area contributed by atoms with Crippen LogP contribution in [0, 0.1) is 0 Å². The van der Waals surface area contributed by atoms with Gasteiger partial charge in [-0.05, 0) is 59.9 Å². The average molecular weight is 497 g/mol. The summed E-state index contributed by atoms with van der Waals surface area (Å²) in [6.45, 7) is 0.688. The van der Waals surface area contributed by atoms with E-state index >= 15 is 0 Å². The summed E-state index contributed by atoms with van der Waals surface area (Å²) in [5.41, 5.74) is 4.56. The first-order valence-electron chi connectivity index (χ1n) is 12.1. The van der Waals surface area contributed by atoms with Crippen molar-refractivity contribution in [3.63, 3.8) is 0 Å². The lowest BCUT2D eigenvalue weighted by atomic mass is 9.98. The number of ether oxygens (including phenoxy) is 1. The van der Waals surface area contributed by atoms with Crippen LogP contribution in [-0.2, 0) is 14.3 Å². The third kappa shape index (κ3) is 5.81. The van der Waals surface area contributed by atoms with Gasteiger partial charge in [0.05, 0.1) is 6.42 Å². The molecule has 2 amide bonds. The summed E-state index contributed by atoms with van der Waals surface area (Å²) in [7, 11) is 0. The van der Waals surface area contributed by atoms with E-state index in [1.807, 2.05) is 30.5 Å². The van der Waals surface area contributed by atoms with Gasteiger partial charge in [-0.2, -0.15) is 11.8 Å². The van der Waals surface area contributed by atoms with Crippen LogP contribution in [0.2, 0.25) is 0 Å². The fraction of sp³-hybridized carbons (Fsp3) is 0.444. The van der Waals surface area contributed by atoms with Gasteiger partial charge in [-0.25, -0.2) is 4.79 Å². The predicted octanol–water partition coefficient (Wildman–Crippen LogP) is 4.50. The minimum atomic E-state index is -0.917. The number of carbonyl (C=O) groups is 3. The Kier molecular flexibility index (Phi) is 8.33. The van der Waals surface area contributed by atoms with Crippen LogP contribution in [0.5, 0.6) is 0 Å². The second-order valence-corrected chi connectivity index (χ2v) is 10.1. The number of aliphatic carboxylic acids is 1. The molecule has 1 unspecified atom stereocenters. The second-order valence-electron chi connectivity index (χ2n) is 9.08. The quantitative estimate of drug-likeness (QED) is 0.531. The number of carboxylic acid groups (broad SMARTS) is 1. The van der Waals surface area contributed by atoms with Gasteiger partial charge >= 0.3 is 12.1 Å². The summed E-state index contributed by atoms with van der Waals surface area (Å²) in [5, 5.41) is 12.1. The van der Waals surface area contributed by atoms with Crippen LogP contribution in [0.1, 0.15) is 49.1 Å². The molecule has 0 bridgehead atoms. The van der Waals surface area contributed by atoms with E-state index in [1.165, 1.54) is 0 Å². The number of alkyl carbamates (subject to hydrolysis) is 1. The number of benzene rings is 2. The zero-order chi connectivity index (χ0) is 24.8. The first-order valence-corrected chi connectivity index (χ1v) is 13.5. The van der Waals surface area contributed by atoms with Crippen LogP contribution >= 0.6 is 11.8 Å². The highest BCUT2D eigenvalue weighted by atomic mass is 32.2. The van der Waals surface area contributed by atoms with E-state index in [1.54, 1.807) is 16.7 Å². The minimum Gasteiger partial charge on any atom is -0.481 e. The number of nitrogens with zero attached hydrogens (tertiary/aromatic N) is 1. The largest absolute Gasteiger partial charge is 0.481 e. The maximum atomic E-state index is 13.4. The molecule has 0 radical (unpaired) electrons. The summed E-state index contributed by atoms with van der Waals surface area (Å²) >= 11 is 1.59. The molecular weight excluding hydrogens is 464 g/mol. The SMILES string of the molecule is CSCCC(NC(=O)OCC1c2ccccc2-c2ccccc21)C(=O)N1CCCC[C@H]1CC(=O)O. The lowest BCUT2D eigenvalue weighted by Crippen LogP contribution is -2.54. The lowest BCUT2D eigenvalue weighted by Gasteiger charge is -2.37. The van der Waals surface area contributed by atoms with Crippen molar-refractivity contribution in [1.29, 1.82) is 0 Å². The molecule has 1 aliphatic carbocycles. The van der Waals surface area contributed by atoms with Crippen molar-refractivity contribution in [2.24, 2.45) is 0 Å². The molecule has 0 aromatic heterocycles. The zero-order valence-corrected chi connectivity index (χ0v) is 20.8. The number of carbonyl (C=O) groups excluding carboxylic acids is 2. The Bertz CT molecular complexity index is 1030. The van der Waals surface area contributed by atoms with E-state index in [9.17, 15) is 19.5 Å². The zero-order valence-electron chi connectivity index (χ0n) is 19.9. The minimum absolute atomic E-state index is 0.0597. The molecule has 35 heavy (non-hydrogen) atoms. The first kappa shape index (κ1) is 25.1. The Morgan fingerprint density at radius 3 is 2.37 bits per heavy atom. The molecule has 2 N–H and O–H groups in total. The molecular formula is C27H32N2O5S. The lowest BCUT2D eigenvalue weighted by molar-refractivity contribution is -0.142. The van der Waals surface area contributed by atoms with E-state index in [0.717, 1.165) is 35.1 Å². The Balaban J connectivity index is 1.43. The summed E-state index contributed by atoms with van der Waals surface area (Å²) in [5.74, 6) is -0.508. The monoisotopic (exact) mass is 496 g/mol. The molecule has 2 aromatic rings. The van der Waals surface area contributed by atoms with Gasteiger partial charge in [0.15, 0.2) is 0 Å². The molecule has 0 saturated carbocycles. The highest BCUT2D eigenvalue weighted by Crippen LogP contribution is 2.44. The maximum Gasteiger partial charge on any atom is 0.407 e. The third-order valence-corrected chi connectivity index (χ3v) is 7.51. The Labute approximate surface area is 210 Å². The van der Waals surface area contributed by atoms with E-state index in [0.29, 0.717) is 25.1 Å². The molecule has 4 rings (SSSR count). The number of hydrogen-bond acceptors (Lipinski definition) is 5. The van der Waals surface area contributed by atoms with Crippen molar-refractivity contribution < 1.29 is 24.2 Å². The molecule has 0 spiro atoms. The van der Waals surface area contributed by atoms with Crippen molar-refractivity contribution >= 4 is 29.7 Å². The van der Waals surface area contributed by atoms with Gasteiger partial charge in [0, 0.05) is 18.5 Å². The molecule has 2 aliphatic rings. The number of carboxylic acids is 1. The van der Waals surface area contributed by atoms with Crippen LogP contribution in [-0.4, -0.2) is 65.2 Å². The molecule has 2 aromatic carbocycles. The van der Waals surface area contributed by atoms with Gasteiger partial charge in [-0.1, -0.05) is 48.5 Å². The predicted molar refractivity (Wildman–Crippen MR) is 137 cm³/mol. The molecule has 2 atom stereocenters. The fourth-order valence-corrected chi connectivity index (χ4v) is 5.65.